The molecule has 1 N–H and O–H groups in total. The van der Waals surface area contributed by atoms with Gasteiger partial charge in [0.2, 0.25) is 5.91 Å². The smallest absolute Gasteiger partial charge is 0.240 e. The van der Waals surface area contributed by atoms with Crippen LogP contribution in [0.2, 0.25) is 0 Å². The van der Waals surface area contributed by atoms with E-state index in [4.69, 9.17) is 0 Å². The van der Waals surface area contributed by atoms with Crippen LogP contribution in [0, 0.1) is 0 Å². The summed E-state index contributed by atoms with van der Waals surface area (Å²) in [7, 11) is 0. The van der Waals surface area contributed by atoms with Crippen LogP contribution in [0.5, 0.6) is 0 Å². The van der Waals surface area contributed by atoms with Crippen molar-refractivity contribution in [1.82, 2.24) is 10.2 Å². The van der Waals surface area contributed by atoms with Crippen molar-refractivity contribution in [3.63, 3.8) is 0 Å². The summed E-state index contributed by atoms with van der Waals surface area (Å²) in [5.41, 5.74) is 0. The van der Waals surface area contributed by atoms with Crippen LogP contribution in [0.25, 0.3) is 0 Å². The highest BCUT2D eigenvalue weighted by Gasteiger charge is 2.35. The number of thiophene rings is 1. The van der Waals surface area contributed by atoms with Crippen molar-refractivity contribution in [2.45, 2.75) is 37.8 Å². The number of rotatable bonds is 2. The summed E-state index contributed by atoms with van der Waals surface area (Å²) in [5, 5.41) is 5.41. The highest BCUT2D eigenvalue weighted by molar-refractivity contribution is 7.10. The molecule has 0 aromatic carbocycles. The Morgan fingerprint density at radius 1 is 1.41 bits per heavy atom. The van der Waals surface area contributed by atoms with E-state index in [9.17, 15) is 4.79 Å². The molecule has 0 aliphatic carbocycles. The first-order chi connectivity index (χ1) is 8.36. The zero-order valence-electron chi connectivity index (χ0n) is 9.89. The van der Waals surface area contributed by atoms with Gasteiger partial charge in [-0.3, -0.25) is 4.79 Å². The summed E-state index contributed by atoms with van der Waals surface area (Å²) in [6.07, 6.45) is 4.40. The first kappa shape index (κ1) is 11.2. The van der Waals surface area contributed by atoms with E-state index in [0.717, 1.165) is 38.8 Å². The van der Waals surface area contributed by atoms with E-state index < -0.39 is 0 Å². The van der Waals surface area contributed by atoms with E-state index >= 15 is 0 Å². The maximum Gasteiger partial charge on any atom is 0.240 e. The molecule has 4 heteroatoms. The second kappa shape index (κ2) is 4.78. The maximum atomic E-state index is 12.4. The highest BCUT2D eigenvalue weighted by Crippen LogP contribution is 2.35. The Morgan fingerprint density at radius 3 is 3.06 bits per heavy atom. The number of carbonyl (C=O) groups is 1. The molecule has 1 aromatic heterocycles. The number of hydrogen-bond donors (Lipinski definition) is 1. The fourth-order valence-corrected chi connectivity index (χ4v) is 3.78. The minimum atomic E-state index is 0.0792. The molecule has 0 spiro atoms. The first-order valence-corrected chi connectivity index (χ1v) is 7.31. The Bertz CT molecular complexity index is 384. The van der Waals surface area contributed by atoms with Crippen molar-refractivity contribution < 1.29 is 4.79 Å². The van der Waals surface area contributed by atoms with Gasteiger partial charge < -0.3 is 10.2 Å². The number of hydrogen-bond acceptors (Lipinski definition) is 3. The molecule has 0 bridgehead atoms. The van der Waals surface area contributed by atoms with E-state index in [-0.39, 0.29) is 6.04 Å². The van der Waals surface area contributed by atoms with Gasteiger partial charge in [-0.2, -0.15) is 0 Å². The van der Waals surface area contributed by atoms with Crippen LogP contribution in [0.4, 0.5) is 0 Å². The standard InChI is InChI=1S/C13H18N2OS/c16-13(10-4-1-7-14-10)15-8-2-5-11(15)12-6-3-9-17-12/h3,6,9-11,14H,1-2,4-5,7-8H2/t10-,11?/m0/s1. The van der Waals surface area contributed by atoms with Gasteiger partial charge in [0.15, 0.2) is 0 Å². The molecule has 3 rings (SSSR count). The van der Waals surface area contributed by atoms with Crippen molar-refractivity contribution in [2.24, 2.45) is 0 Å². The van der Waals surface area contributed by atoms with Crippen LogP contribution < -0.4 is 5.32 Å². The molecule has 2 saturated heterocycles. The van der Waals surface area contributed by atoms with Crippen LogP contribution in [-0.2, 0) is 4.79 Å². The van der Waals surface area contributed by atoms with Gasteiger partial charge >= 0.3 is 0 Å². The van der Waals surface area contributed by atoms with Gasteiger partial charge in [-0.15, -0.1) is 11.3 Å². The van der Waals surface area contributed by atoms with Crippen molar-refractivity contribution in [3.05, 3.63) is 22.4 Å². The average molecular weight is 250 g/mol. The quantitative estimate of drug-likeness (QED) is 0.872. The van der Waals surface area contributed by atoms with Crippen LogP contribution in [-0.4, -0.2) is 29.9 Å². The van der Waals surface area contributed by atoms with Crippen molar-refractivity contribution in [1.29, 1.82) is 0 Å². The van der Waals surface area contributed by atoms with E-state index in [0.29, 0.717) is 11.9 Å². The van der Waals surface area contributed by atoms with Crippen molar-refractivity contribution >= 4 is 17.2 Å². The summed E-state index contributed by atoms with van der Waals surface area (Å²) in [6.45, 7) is 1.92. The topological polar surface area (TPSA) is 32.3 Å². The Balaban J connectivity index is 1.75. The fourth-order valence-electron chi connectivity index (χ4n) is 2.90. The molecular formula is C13H18N2OS. The highest BCUT2D eigenvalue weighted by atomic mass is 32.1. The predicted octanol–water partition coefficient (Wildman–Crippen LogP) is 2.16. The second-order valence-electron chi connectivity index (χ2n) is 4.85. The lowest BCUT2D eigenvalue weighted by atomic mass is 10.1. The van der Waals surface area contributed by atoms with E-state index in [1.807, 2.05) is 0 Å². The lowest BCUT2D eigenvalue weighted by Crippen LogP contribution is -2.43. The molecule has 3 heterocycles. The fraction of sp³-hybridized carbons (Fsp3) is 0.615. The molecule has 1 unspecified atom stereocenters. The van der Waals surface area contributed by atoms with Gasteiger partial charge in [-0.1, -0.05) is 6.07 Å². The van der Waals surface area contributed by atoms with E-state index in [1.54, 1.807) is 11.3 Å². The van der Waals surface area contributed by atoms with Gasteiger partial charge in [-0.25, -0.2) is 0 Å². The van der Waals surface area contributed by atoms with Gasteiger partial charge in [0.1, 0.15) is 0 Å². The van der Waals surface area contributed by atoms with Gasteiger partial charge in [-0.05, 0) is 43.7 Å². The Morgan fingerprint density at radius 2 is 2.35 bits per heavy atom. The molecule has 2 atom stereocenters. The van der Waals surface area contributed by atoms with Crippen LogP contribution in [0.1, 0.15) is 36.6 Å². The van der Waals surface area contributed by atoms with Crippen molar-refractivity contribution in [2.75, 3.05) is 13.1 Å². The number of nitrogens with zero attached hydrogens (tertiary/aromatic N) is 1. The molecule has 2 aliphatic heterocycles. The third-order valence-electron chi connectivity index (χ3n) is 3.77. The minimum Gasteiger partial charge on any atom is -0.333 e. The SMILES string of the molecule is O=C([C@@H]1CCCN1)N1CCCC1c1cccs1. The van der Waals surface area contributed by atoms with Gasteiger partial charge in [0.25, 0.3) is 0 Å². The minimum absolute atomic E-state index is 0.0792. The molecule has 2 fully saturated rings. The van der Waals surface area contributed by atoms with E-state index in [1.165, 1.54) is 4.88 Å². The predicted molar refractivity (Wildman–Crippen MR) is 69.0 cm³/mol. The third kappa shape index (κ3) is 2.11. The Labute approximate surface area is 106 Å². The molecule has 1 amide bonds. The zero-order valence-corrected chi connectivity index (χ0v) is 10.7. The Hall–Kier alpha value is -0.870. The van der Waals surface area contributed by atoms with E-state index in [2.05, 4.69) is 27.7 Å². The second-order valence-corrected chi connectivity index (χ2v) is 5.83. The molecule has 2 aliphatic rings. The van der Waals surface area contributed by atoms with Crippen LogP contribution in [0.3, 0.4) is 0 Å². The Kier molecular flexibility index (Phi) is 3.16. The monoisotopic (exact) mass is 250 g/mol. The summed E-state index contributed by atoms with van der Waals surface area (Å²) in [4.78, 5) is 15.9. The van der Waals surface area contributed by atoms with Crippen LogP contribution >= 0.6 is 11.3 Å². The number of carbonyl (C=O) groups excluding carboxylic acids is 1. The number of nitrogens with one attached hydrogen (secondary N) is 1. The largest absolute Gasteiger partial charge is 0.333 e. The summed E-state index contributed by atoms with van der Waals surface area (Å²) in [6, 6.07) is 4.65. The molecule has 3 nitrogen and oxygen atoms in total. The maximum absolute atomic E-state index is 12.4. The normalized spacial score (nSPS) is 28.8. The summed E-state index contributed by atoms with van der Waals surface area (Å²) >= 11 is 1.77. The number of amides is 1. The lowest BCUT2D eigenvalue weighted by Gasteiger charge is -2.26. The molecule has 92 valence electrons. The van der Waals surface area contributed by atoms with Crippen molar-refractivity contribution in [3.8, 4) is 0 Å². The van der Waals surface area contributed by atoms with Gasteiger partial charge in [0.05, 0.1) is 12.1 Å². The lowest BCUT2D eigenvalue weighted by molar-refractivity contribution is -0.133. The molecule has 1 aromatic rings. The summed E-state index contributed by atoms with van der Waals surface area (Å²) < 4.78 is 0. The molecule has 0 saturated carbocycles. The molecule has 17 heavy (non-hydrogen) atoms. The summed E-state index contributed by atoms with van der Waals surface area (Å²) in [5.74, 6) is 0.318. The molecular weight excluding hydrogens is 232 g/mol. The van der Waals surface area contributed by atoms with Gasteiger partial charge in [0, 0.05) is 11.4 Å². The first-order valence-electron chi connectivity index (χ1n) is 6.43. The average Bonchev–Trinajstić information content (AvgIpc) is 3.09. The number of likely N-dealkylation sites (tertiary alicyclic amines) is 1. The third-order valence-corrected chi connectivity index (χ3v) is 4.74. The van der Waals surface area contributed by atoms with Crippen LogP contribution in [0.15, 0.2) is 17.5 Å². The zero-order chi connectivity index (χ0) is 11.7. The molecule has 0 radical (unpaired) electrons.